The second kappa shape index (κ2) is 5.99. The SMILES string of the molecule is COC(=O)c1ccc(NC(=O)N2CCn3ccnc32)c(OC)c1. The molecule has 1 aromatic heterocycles. The number of amides is 2. The molecule has 2 amide bonds. The van der Waals surface area contributed by atoms with Gasteiger partial charge in [0.2, 0.25) is 5.95 Å². The predicted molar refractivity (Wildman–Crippen MR) is 82.9 cm³/mol. The number of carbonyl (C=O) groups excluding carboxylic acids is 2. The summed E-state index contributed by atoms with van der Waals surface area (Å²) >= 11 is 0. The van der Waals surface area contributed by atoms with Gasteiger partial charge in [-0.1, -0.05) is 0 Å². The molecule has 3 rings (SSSR count). The summed E-state index contributed by atoms with van der Waals surface area (Å²) in [5.41, 5.74) is 0.814. The predicted octanol–water partition coefficient (Wildman–Crippen LogP) is 1.73. The maximum Gasteiger partial charge on any atom is 0.337 e. The molecule has 2 aromatic rings. The highest BCUT2D eigenvalue weighted by Gasteiger charge is 2.26. The Hall–Kier alpha value is -3.03. The molecule has 0 spiro atoms. The van der Waals surface area contributed by atoms with Crippen LogP contribution in [0.2, 0.25) is 0 Å². The Morgan fingerprint density at radius 3 is 2.83 bits per heavy atom. The molecule has 23 heavy (non-hydrogen) atoms. The number of urea groups is 1. The van der Waals surface area contributed by atoms with Crippen LogP contribution in [0.4, 0.5) is 16.4 Å². The minimum atomic E-state index is -0.470. The number of hydrogen-bond acceptors (Lipinski definition) is 5. The number of anilines is 2. The molecule has 1 aliphatic heterocycles. The number of fused-ring (bicyclic) bond motifs is 1. The third kappa shape index (κ3) is 2.70. The van der Waals surface area contributed by atoms with E-state index in [0.29, 0.717) is 36.0 Å². The van der Waals surface area contributed by atoms with Gasteiger partial charge >= 0.3 is 12.0 Å². The van der Waals surface area contributed by atoms with Crippen molar-refractivity contribution >= 4 is 23.6 Å². The minimum Gasteiger partial charge on any atom is -0.495 e. The summed E-state index contributed by atoms with van der Waals surface area (Å²) in [6.45, 7) is 1.26. The first-order valence-corrected chi connectivity index (χ1v) is 7.00. The average molecular weight is 316 g/mol. The average Bonchev–Trinajstić information content (AvgIpc) is 3.17. The summed E-state index contributed by atoms with van der Waals surface area (Å²) in [4.78, 5) is 29.7. The number of hydrogen-bond donors (Lipinski definition) is 1. The fraction of sp³-hybridized carbons (Fsp3) is 0.267. The van der Waals surface area contributed by atoms with Crippen LogP contribution in [-0.4, -0.2) is 42.3 Å². The highest BCUT2D eigenvalue weighted by Crippen LogP contribution is 2.27. The van der Waals surface area contributed by atoms with Crippen LogP contribution in [0.3, 0.4) is 0 Å². The fourth-order valence-electron chi connectivity index (χ4n) is 2.44. The van der Waals surface area contributed by atoms with Crippen LogP contribution in [-0.2, 0) is 11.3 Å². The van der Waals surface area contributed by atoms with E-state index in [2.05, 4.69) is 15.0 Å². The third-order valence-corrected chi connectivity index (χ3v) is 3.61. The third-order valence-electron chi connectivity index (χ3n) is 3.61. The van der Waals surface area contributed by atoms with Crippen molar-refractivity contribution in [3.05, 3.63) is 36.2 Å². The van der Waals surface area contributed by atoms with Crippen molar-refractivity contribution in [3.63, 3.8) is 0 Å². The molecule has 8 nitrogen and oxygen atoms in total. The maximum absolute atomic E-state index is 12.4. The summed E-state index contributed by atoms with van der Waals surface area (Å²) in [5.74, 6) is 0.513. The molecule has 0 unspecified atom stereocenters. The van der Waals surface area contributed by atoms with Crippen molar-refractivity contribution in [3.8, 4) is 5.75 Å². The van der Waals surface area contributed by atoms with Crippen LogP contribution >= 0.6 is 0 Å². The topological polar surface area (TPSA) is 85.7 Å². The van der Waals surface area contributed by atoms with Crippen LogP contribution in [0.25, 0.3) is 0 Å². The van der Waals surface area contributed by atoms with Crippen LogP contribution in [0, 0.1) is 0 Å². The smallest absolute Gasteiger partial charge is 0.337 e. The molecule has 0 atom stereocenters. The Morgan fingerprint density at radius 2 is 2.09 bits per heavy atom. The standard InChI is InChI=1S/C15H16N4O4/c1-22-12-9-10(13(20)23-2)3-4-11(12)17-15(21)19-8-7-18-6-5-16-14(18)19/h3-6,9H,7-8H2,1-2H3,(H,17,21). The highest BCUT2D eigenvalue weighted by molar-refractivity contribution is 6.02. The number of rotatable bonds is 3. The van der Waals surface area contributed by atoms with Crippen LogP contribution in [0.1, 0.15) is 10.4 Å². The van der Waals surface area contributed by atoms with E-state index < -0.39 is 5.97 Å². The monoisotopic (exact) mass is 316 g/mol. The van der Waals surface area contributed by atoms with Gasteiger partial charge in [-0.3, -0.25) is 4.90 Å². The van der Waals surface area contributed by atoms with E-state index in [-0.39, 0.29) is 6.03 Å². The van der Waals surface area contributed by atoms with Crippen molar-refractivity contribution in [2.75, 3.05) is 31.0 Å². The van der Waals surface area contributed by atoms with Crippen LogP contribution in [0.5, 0.6) is 5.75 Å². The summed E-state index contributed by atoms with van der Waals surface area (Å²) in [7, 11) is 2.77. The second-order valence-electron chi connectivity index (χ2n) is 4.91. The fourth-order valence-corrected chi connectivity index (χ4v) is 2.44. The summed E-state index contributed by atoms with van der Waals surface area (Å²) in [6, 6.07) is 4.38. The van der Waals surface area contributed by atoms with Crippen LogP contribution in [0.15, 0.2) is 30.6 Å². The Bertz CT molecular complexity index is 756. The largest absolute Gasteiger partial charge is 0.495 e. The van der Waals surface area contributed by atoms with E-state index in [1.165, 1.54) is 20.3 Å². The number of nitrogens with zero attached hydrogens (tertiary/aromatic N) is 3. The van der Waals surface area contributed by atoms with E-state index in [4.69, 9.17) is 4.74 Å². The highest BCUT2D eigenvalue weighted by atomic mass is 16.5. The van der Waals surface area contributed by atoms with E-state index in [1.54, 1.807) is 23.2 Å². The molecule has 1 aliphatic rings. The number of nitrogens with one attached hydrogen (secondary N) is 1. The molecule has 0 aliphatic carbocycles. The summed E-state index contributed by atoms with van der Waals surface area (Å²) in [6.07, 6.45) is 3.48. The Morgan fingerprint density at radius 1 is 1.26 bits per heavy atom. The van der Waals surface area contributed by atoms with Crippen molar-refractivity contribution in [1.29, 1.82) is 0 Å². The van der Waals surface area contributed by atoms with Gasteiger partial charge in [-0.2, -0.15) is 0 Å². The quantitative estimate of drug-likeness (QED) is 0.872. The molecule has 8 heteroatoms. The number of esters is 1. The molecule has 0 saturated carbocycles. The molecule has 1 N–H and O–H groups in total. The number of ether oxygens (including phenoxy) is 2. The van der Waals surface area contributed by atoms with Gasteiger partial charge in [-0.05, 0) is 18.2 Å². The zero-order valence-electron chi connectivity index (χ0n) is 12.8. The first-order chi connectivity index (χ1) is 11.1. The number of methoxy groups -OCH3 is 2. The number of benzene rings is 1. The molecule has 0 saturated heterocycles. The Labute approximate surface area is 132 Å². The van der Waals surface area contributed by atoms with Gasteiger partial charge in [0.05, 0.1) is 25.5 Å². The van der Waals surface area contributed by atoms with Crippen molar-refractivity contribution in [2.24, 2.45) is 0 Å². The zero-order valence-corrected chi connectivity index (χ0v) is 12.8. The van der Waals surface area contributed by atoms with Gasteiger partial charge in [-0.25, -0.2) is 14.6 Å². The van der Waals surface area contributed by atoms with Gasteiger partial charge in [0.25, 0.3) is 0 Å². The molecule has 0 fully saturated rings. The van der Waals surface area contributed by atoms with Crippen molar-refractivity contribution < 1.29 is 19.1 Å². The van der Waals surface area contributed by atoms with E-state index in [9.17, 15) is 9.59 Å². The minimum absolute atomic E-state index is 0.306. The van der Waals surface area contributed by atoms with E-state index in [0.717, 1.165) is 0 Å². The van der Waals surface area contributed by atoms with Gasteiger partial charge in [-0.15, -0.1) is 0 Å². The zero-order chi connectivity index (χ0) is 16.4. The first kappa shape index (κ1) is 14.9. The van der Waals surface area contributed by atoms with Crippen LogP contribution < -0.4 is 15.0 Å². The number of imidazole rings is 1. The molecule has 0 bridgehead atoms. The Kier molecular flexibility index (Phi) is 3.88. The number of aromatic nitrogens is 2. The molecule has 1 aromatic carbocycles. The molecular formula is C15H16N4O4. The van der Waals surface area contributed by atoms with Gasteiger partial charge in [0.1, 0.15) is 5.75 Å². The lowest BCUT2D eigenvalue weighted by Crippen LogP contribution is -2.33. The van der Waals surface area contributed by atoms with Gasteiger partial charge < -0.3 is 19.4 Å². The lowest BCUT2D eigenvalue weighted by molar-refractivity contribution is 0.0600. The van der Waals surface area contributed by atoms with Crippen molar-refractivity contribution in [2.45, 2.75) is 6.54 Å². The van der Waals surface area contributed by atoms with E-state index >= 15 is 0 Å². The maximum atomic E-state index is 12.4. The lowest BCUT2D eigenvalue weighted by Gasteiger charge is -2.17. The molecule has 0 radical (unpaired) electrons. The van der Waals surface area contributed by atoms with Gasteiger partial charge in [0, 0.05) is 25.5 Å². The Balaban J connectivity index is 1.80. The summed E-state index contributed by atoms with van der Waals surface area (Å²) in [5, 5.41) is 2.77. The number of carbonyl (C=O) groups is 2. The first-order valence-electron chi connectivity index (χ1n) is 7.00. The second-order valence-corrected chi connectivity index (χ2v) is 4.91. The molecular weight excluding hydrogens is 300 g/mol. The normalized spacial score (nSPS) is 12.7. The molecule has 2 heterocycles. The lowest BCUT2D eigenvalue weighted by atomic mass is 10.2. The van der Waals surface area contributed by atoms with Gasteiger partial charge in [0.15, 0.2) is 0 Å². The summed E-state index contributed by atoms with van der Waals surface area (Å²) < 4.78 is 11.8. The van der Waals surface area contributed by atoms with Crippen molar-refractivity contribution in [1.82, 2.24) is 9.55 Å². The van der Waals surface area contributed by atoms with E-state index in [1.807, 2.05) is 10.8 Å². The molecule has 120 valence electrons.